The van der Waals surface area contributed by atoms with E-state index in [4.69, 9.17) is 10.5 Å². The van der Waals surface area contributed by atoms with E-state index >= 15 is 0 Å². The highest BCUT2D eigenvalue weighted by atomic mass is 79.9. The molecule has 2 rings (SSSR count). The maximum Gasteiger partial charge on any atom is 0.269 e. The Morgan fingerprint density at radius 1 is 1.29 bits per heavy atom. The molecular formula is C15H15BrN2O3. The van der Waals surface area contributed by atoms with Gasteiger partial charge in [0.15, 0.2) is 0 Å². The summed E-state index contributed by atoms with van der Waals surface area (Å²) in [6, 6.07) is 11.9. The van der Waals surface area contributed by atoms with Gasteiger partial charge < -0.3 is 10.5 Å². The first kappa shape index (κ1) is 15.5. The van der Waals surface area contributed by atoms with Crippen molar-refractivity contribution >= 4 is 21.6 Å². The van der Waals surface area contributed by atoms with E-state index in [0.29, 0.717) is 12.4 Å². The summed E-state index contributed by atoms with van der Waals surface area (Å²) in [5.41, 5.74) is 7.76. The van der Waals surface area contributed by atoms with Crippen LogP contribution in [-0.4, -0.2) is 4.92 Å². The van der Waals surface area contributed by atoms with Gasteiger partial charge in [-0.3, -0.25) is 10.1 Å². The van der Waals surface area contributed by atoms with Crippen LogP contribution in [0.1, 0.15) is 24.1 Å². The first-order valence-electron chi connectivity index (χ1n) is 6.38. The fraction of sp³-hybridized carbons (Fsp3) is 0.200. The predicted octanol–water partition coefficient (Wildman–Crippen LogP) is 3.96. The zero-order chi connectivity index (χ0) is 15.4. The second-order valence-corrected chi connectivity index (χ2v) is 5.60. The molecule has 0 aromatic heterocycles. The van der Waals surface area contributed by atoms with Crippen molar-refractivity contribution in [3.63, 3.8) is 0 Å². The third-order valence-electron chi connectivity index (χ3n) is 3.01. The van der Waals surface area contributed by atoms with Crippen LogP contribution in [0.15, 0.2) is 46.9 Å². The molecule has 0 heterocycles. The van der Waals surface area contributed by atoms with Crippen molar-refractivity contribution in [3.8, 4) is 5.75 Å². The number of nitrogens with two attached hydrogens (primary N) is 1. The van der Waals surface area contributed by atoms with Gasteiger partial charge >= 0.3 is 0 Å². The summed E-state index contributed by atoms with van der Waals surface area (Å²) in [6.45, 7) is 2.22. The number of benzene rings is 2. The quantitative estimate of drug-likeness (QED) is 0.653. The van der Waals surface area contributed by atoms with Gasteiger partial charge in [0.2, 0.25) is 0 Å². The molecule has 21 heavy (non-hydrogen) atoms. The molecular weight excluding hydrogens is 336 g/mol. The second kappa shape index (κ2) is 6.69. The number of ether oxygens (including phenoxy) is 1. The second-order valence-electron chi connectivity index (χ2n) is 4.68. The van der Waals surface area contributed by atoms with Crippen LogP contribution in [0.4, 0.5) is 5.69 Å². The van der Waals surface area contributed by atoms with E-state index in [1.54, 1.807) is 12.1 Å². The Morgan fingerprint density at radius 3 is 2.52 bits per heavy atom. The largest absolute Gasteiger partial charge is 0.489 e. The van der Waals surface area contributed by atoms with Crippen LogP contribution in [-0.2, 0) is 6.61 Å². The average Bonchev–Trinajstić information content (AvgIpc) is 2.45. The van der Waals surface area contributed by atoms with Crippen LogP contribution in [0.5, 0.6) is 5.75 Å². The number of nitro groups is 1. The van der Waals surface area contributed by atoms with Crippen molar-refractivity contribution in [1.29, 1.82) is 0 Å². The van der Waals surface area contributed by atoms with Gasteiger partial charge in [-0.25, -0.2) is 0 Å². The fourth-order valence-corrected chi connectivity index (χ4v) is 2.22. The Balaban J connectivity index is 2.12. The summed E-state index contributed by atoms with van der Waals surface area (Å²) in [4.78, 5) is 10.2. The molecule has 0 saturated heterocycles. The maximum absolute atomic E-state index is 10.6. The van der Waals surface area contributed by atoms with Crippen molar-refractivity contribution in [2.45, 2.75) is 19.6 Å². The molecule has 0 aliphatic rings. The molecule has 0 amide bonds. The number of halogens is 1. The van der Waals surface area contributed by atoms with Gasteiger partial charge in [0.25, 0.3) is 5.69 Å². The van der Waals surface area contributed by atoms with Gasteiger partial charge in [0, 0.05) is 28.2 Å². The molecule has 1 atom stereocenters. The topological polar surface area (TPSA) is 78.4 Å². The number of nitro benzene ring substituents is 1. The predicted molar refractivity (Wildman–Crippen MR) is 84.2 cm³/mol. The molecule has 0 saturated carbocycles. The van der Waals surface area contributed by atoms with Gasteiger partial charge in [-0.15, -0.1) is 0 Å². The molecule has 2 N–H and O–H groups in total. The first-order chi connectivity index (χ1) is 9.97. The third kappa shape index (κ3) is 4.03. The number of rotatable bonds is 5. The summed E-state index contributed by atoms with van der Waals surface area (Å²) in [6.07, 6.45) is 0. The SMILES string of the molecule is C[C@@H](N)c1ccc(Br)cc1OCc1ccc([N+](=O)[O-])cc1. The maximum atomic E-state index is 10.6. The smallest absolute Gasteiger partial charge is 0.269 e. The zero-order valence-corrected chi connectivity index (χ0v) is 13.0. The van der Waals surface area contributed by atoms with Gasteiger partial charge in [-0.1, -0.05) is 22.0 Å². The minimum Gasteiger partial charge on any atom is -0.489 e. The lowest BCUT2D eigenvalue weighted by molar-refractivity contribution is -0.384. The van der Waals surface area contributed by atoms with Crippen molar-refractivity contribution in [1.82, 2.24) is 0 Å². The Hall–Kier alpha value is -1.92. The fourth-order valence-electron chi connectivity index (χ4n) is 1.88. The van der Waals surface area contributed by atoms with E-state index in [-0.39, 0.29) is 11.7 Å². The van der Waals surface area contributed by atoms with Crippen molar-refractivity contribution < 1.29 is 9.66 Å². The molecule has 0 fully saturated rings. The molecule has 0 aliphatic carbocycles. The normalized spacial score (nSPS) is 12.0. The van der Waals surface area contributed by atoms with E-state index in [1.807, 2.05) is 25.1 Å². The molecule has 2 aromatic carbocycles. The average molecular weight is 351 g/mol. The molecule has 0 aliphatic heterocycles. The molecule has 0 spiro atoms. The lowest BCUT2D eigenvalue weighted by Crippen LogP contribution is -2.08. The Kier molecular flexibility index (Phi) is 4.93. The minimum atomic E-state index is -0.423. The summed E-state index contributed by atoms with van der Waals surface area (Å²) >= 11 is 3.40. The molecule has 6 heteroatoms. The van der Waals surface area contributed by atoms with Gasteiger partial charge in [0.1, 0.15) is 12.4 Å². The van der Waals surface area contributed by atoms with Crippen LogP contribution in [0.2, 0.25) is 0 Å². The van der Waals surface area contributed by atoms with Gasteiger partial charge in [-0.2, -0.15) is 0 Å². The van der Waals surface area contributed by atoms with Crippen LogP contribution >= 0.6 is 15.9 Å². The molecule has 2 aromatic rings. The number of non-ortho nitro benzene ring substituents is 1. The lowest BCUT2D eigenvalue weighted by Gasteiger charge is -2.14. The summed E-state index contributed by atoms with van der Waals surface area (Å²) in [5.74, 6) is 0.706. The molecule has 110 valence electrons. The van der Waals surface area contributed by atoms with Crippen molar-refractivity contribution in [3.05, 3.63) is 68.2 Å². The van der Waals surface area contributed by atoms with Gasteiger partial charge in [-0.05, 0) is 36.8 Å². The van der Waals surface area contributed by atoms with E-state index in [1.165, 1.54) is 12.1 Å². The van der Waals surface area contributed by atoms with E-state index in [9.17, 15) is 10.1 Å². The molecule has 0 radical (unpaired) electrons. The third-order valence-corrected chi connectivity index (χ3v) is 3.50. The van der Waals surface area contributed by atoms with E-state index < -0.39 is 4.92 Å². The Morgan fingerprint density at radius 2 is 1.95 bits per heavy atom. The number of nitrogens with zero attached hydrogens (tertiary/aromatic N) is 1. The first-order valence-corrected chi connectivity index (χ1v) is 7.18. The van der Waals surface area contributed by atoms with E-state index in [2.05, 4.69) is 15.9 Å². The van der Waals surface area contributed by atoms with Crippen LogP contribution in [0, 0.1) is 10.1 Å². The number of hydrogen-bond acceptors (Lipinski definition) is 4. The van der Waals surface area contributed by atoms with E-state index in [0.717, 1.165) is 15.6 Å². The minimum absolute atomic E-state index is 0.0671. The molecule has 0 unspecified atom stereocenters. The van der Waals surface area contributed by atoms with Crippen LogP contribution in [0.25, 0.3) is 0 Å². The van der Waals surface area contributed by atoms with Crippen LogP contribution < -0.4 is 10.5 Å². The number of hydrogen-bond donors (Lipinski definition) is 1. The summed E-state index contributed by atoms with van der Waals surface area (Å²) in [7, 11) is 0. The lowest BCUT2D eigenvalue weighted by atomic mass is 10.1. The molecule has 5 nitrogen and oxygen atoms in total. The highest BCUT2D eigenvalue weighted by Crippen LogP contribution is 2.28. The monoisotopic (exact) mass is 350 g/mol. The van der Waals surface area contributed by atoms with Crippen molar-refractivity contribution in [2.24, 2.45) is 5.73 Å². The highest BCUT2D eigenvalue weighted by Gasteiger charge is 2.10. The Labute approximate surface area is 131 Å². The van der Waals surface area contributed by atoms with Gasteiger partial charge in [0.05, 0.1) is 4.92 Å². The summed E-state index contributed by atoms with van der Waals surface area (Å²) in [5, 5.41) is 10.6. The van der Waals surface area contributed by atoms with Crippen LogP contribution in [0.3, 0.4) is 0 Å². The summed E-state index contributed by atoms with van der Waals surface area (Å²) < 4.78 is 6.69. The standard InChI is InChI=1S/C15H15BrN2O3/c1-10(17)14-7-4-12(16)8-15(14)21-9-11-2-5-13(6-3-11)18(19)20/h2-8,10H,9,17H2,1H3/t10-/m1/s1. The zero-order valence-electron chi connectivity index (χ0n) is 11.5. The molecule has 0 bridgehead atoms. The Bertz CT molecular complexity index is 642. The highest BCUT2D eigenvalue weighted by molar-refractivity contribution is 9.10. The van der Waals surface area contributed by atoms with Crippen molar-refractivity contribution in [2.75, 3.05) is 0 Å².